The normalized spacial score (nSPS) is 38.6. The van der Waals surface area contributed by atoms with Crippen molar-refractivity contribution < 1.29 is 24.2 Å². The Hall–Kier alpha value is -1.80. The quantitative estimate of drug-likeness (QED) is 0.522. The molecule has 0 aromatic rings. The molecule has 4 aliphatic heterocycles. The summed E-state index contributed by atoms with van der Waals surface area (Å²) >= 11 is 1.52. The van der Waals surface area contributed by atoms with Gasteiger partial charge in [-0.05, 0) is 34.1 Å². The molecule has 1 unspecified atom stereocenters. The molecule has 2 saturated heterocycles. The van der Waals surface area contributed by atoms with Gasteiger partial charge in [-0.3, -0.25) is 14.4 Å². The number of carbonyl (C=O) groups is 3. The van der Waals surface area contributed by atoms with Gasteiger partial charge in [-0.25, -0.2) is 0 Å². The van der Waals surface area contributed by atoms with Crippen molar-refractivity contribution in [1.29, 1.82) is 0 Å². The van der Waals surface area contributed by atoms with Gasteiger partial charge in [0.2, 0.25) is 11.8 Å². The van der Waals surface area contributed by atoms with E-state index in [1.807, 2.05) is 52.0 Å². The number of nitrogens with zero attached hydrogens (tertiary/aromatic N) is 2. The molecule has 2 amide bonds. The molecule has 164 valence electrons. The van der Waals surface area contributed by atoms with E-state index in [0.29, 0.717) is 13.0 Å². The number of hydrogen-bond acceptors (Lipinski definition) is 6. The monoisotopic (exact) mass is 434 g/mol. The van der Waals surface area contributed by atoms with Crippen molar-refractivity contribution in [2.24, 2.45) is 11.8 Å². The topological polar surface area (TPSA) is 87.2 Å². The summed E-state index contributed by atoms with van der Waals surface area (Å²) in [5.41, 5.74) is -0.424. The Balaban J connectivity index is 1.89. The molecule has 0 aliphatic carbocycles. The predicted octanol–water partition coefficient (Wildman–Crippen LogP) is 1.37. The molecule has 1 spiro atoms. The highest BCUT2D eigenvalue weighted by Gasteiger charge is 2.74. The number of thioether (sulfide) groups is 1. The van der Waals surface area contributed by atoms with Gasteiger partial charge in [-0.15, -0.1) is 11.8 Å². The lowest BCUT2D eigenvalue weighted by Crippen LogP contribution is -2.57. The first-order chi connectivity index (χ1) is 14.1. The van der Waals surface area contributed by atoms with Gasteiger partial charge in [-0.1, -0.05) is 24.3 Å². The number of β-amino-alcohol motifs (C(OH)–C–C–N with tert-alkyl or cyclic N) is 1. The number of likely N-dealkylation sites (tertiary alicyclic amines) is 1. The zero-order chi connectivity index (χ0) is 21.9. The molecule has 4 aliphatic rings. The van der Waals surface area contributed by atoms with Crippen LogP contribution in [0.1, 0.15) is 34.1 Å². The minimum Gasteiger partial charge on any atom is -0.465 e. The van der Waals surface area contributed by atoms with E-state index in [9.17, 15) is 19.5 Å². The van der Waals surface area contributed by atoms with Gasteiger partial charge in [0.25, 0.3) is 0 Å². The number of esters is 1. The maximum Gasteiger partial charge on any atom is 0.311 e. The van der Waals surface area contributed by atoms with Gasteiger partial charge in [0.1, 0.15) is 6.04 Å². The van der Waals surface area contributed by atoms with Crippen LogP contribution in [0.4, 0.5) is 0 Å². The lowest BCUT2D eigenvalue weighted by molar-refractivity contribution is -0.154. The summed E-state index contributed by atoms with van der Waals surface area (Å²) in [5.74, 6) is -2.17. The Labute approximate surface area is 181 Å². The van der Waals surface area contributed by atoms with Crippen LogP contribution in [0.2, 0.25) is 0 Å². The molecule has 30 heavy (non-hydrogen) atoms. The van der Waals surface area contributed by atoms with E-state index in [1.165, 1.54) is 16.7 Å². The summed E-state index contributed by atoms with van der Waals surface area (Å²) in [4.78, 5) is 43.8. The molecule has 4 heterocycles. The minimum atomic E-state index is -0.879. The largest absolute Gasteiger partial charge is 0.465 e. The van der Waals surface area contributed by atoms with Crippen molar-refractivity contribution in [2.75, 3.05) is 26.3 Å². The van der Waals surface area contributed by atoms with E-state index in [4.69, 9.17) is 4.74 Å². The fourth-order valence-corrected chi connectivity index (χ4v) is 7.59. The second-order valence-corrected chi connectivity index (χ2v) is 11.4. The van der Waals surface area contributed by atoms with Crippen LogP contribution in [0.15, 0.2) is 24.3 Å². The van der Waals surface area contributed by atoms with Crippen molar-refractivity contribution in [3.8, 4) is 0 Å². The molecule has 5 atom stereocenters. The van der Waals surface area contributed by atoms with E-state index in [1.54, 1.807) is 4.90 Å². The number of amides is 2. The van der Waals surface area contributed by atoms with E-state index < -0.39 is 32.9 Å². The fraction of sp³-hybridized carbons (Fsp3) is 0.682. The molecule has 1 N–H and O–H groups in total. The van der Waals surface area contributed by atoms with Crippen LogP contribution in [0, 0.1) is 11.8 Å². The number of fused-ring (bicyclic) bond motifs is 2. The molecule has 8 heteroatoms. The third-order valence-electron chi connectivity index (χ3n) is 6.67. The average Bonchev–Trinajstić information content (AvgIpc) is 2.94. The number of carbonyl (C=O) groups excluding carboxylic acids is 3. The predicted molar refractivity (Wildman–Crippen MR) is 114 cm³/mol. The Morgan fingerprint density at radius 2 is 1.90 bits per heavy atom. The molecule has 2 fully saturated rings. The molecule has 0 aromatic heterocycles. The Morgan fingerprint density at radius 3 is 2.57 bits per heavy atom. The Morgan fingerprint density at radius 1 is 1.17 bits per heavy atom. The summed E-state index contributed by atoms with van der Waals surface area (Å²) < 4.78 is 3.95. The van der Waals surface area contributed by atoms with Crippen LogP contribution >= 0.6 is 11.8 Å². The molecule has 7 nitrogen and oxygen atoms in total. The number of cyclic esters (lactones) is 1. The first-order valence-corrected chi connectivity index (χ1v) is 11.3. The number of rotatable bonds is 2. The SMILES string of the molecule is CC(C)(C)N1CC=C[C@]23S[C@]4(C)C=CCCOC(=O)[C@@H]4[C@H]2C(=O)N(CCO)C3C1=O. The van der Waals surface area contributed by atoms with Gasteiger partial charge in [-0.2, -0.15) is 0 Å². The van der Waals surface area contributed by atoms with Gasteiger partial charge >= 0.3 is 5.97 Å². The summed E-state index contributed by atoms with van der Waals surface area (Å²) in [7, 11) is 0. The van der Waals surface area contributed by atoms with Gasteiger partial charge in [0.15, 0.2) is 0 Å². The van der Waals surface area contributed by atoms with Crippen LogP contribution < -0.4 is 0 Å². The summed E-state index contributed by atoms with van der Waals surface area (Å²) in [6.45, 7) is 8.43. The zero-order valence-electron chi connectivity index (χ0n) is 18.0. The first kappa shape index (κ1) is 21.4. The molecular formula is C22H30N2O5S. The second-order valence-electron chi connectivity index (χ2n) is 9.63. The Bertz CT molecular complexity index is 834. The molecular weight excluding hydrogens is 404 g/mol. The molecule has 0 radical (unpaired) electrons. The fourth-order valence-electron chi connectivity index (χ4n) is 5.44. The molecule has 0 aromatic carbocycles. The van der Waals surface area contributed by atoms with Crippen LogP contribution in [-0.2, 0) is 19.1 Å². The second kappa shape index (κ2) is 7.12. The maximum absolute atomic E-state index is 13.8. The summed E-state index contributed by atoms with van der Waals surface area (Å²) in [6, 6.07) is -0.767. The number of aliphatic hydroxyl groups excluding tert-OH is 1. The number of hydrogen-bond donors (Lipinski definition) is 1. The highest BCUT2D eigenvalue weighted by Crippen LogP contribution is 2.65. The third-order valence-corrected chi connectivity index (χ3v) is 8.47. The van der Waals surface area contributed by atoms with Crippen molar-refractivity contribution in [1.82, 2.24) is 9.80 Å². The Kier molecular flexibility index (Phi) is 5.09. The first-order valence-electron chi connectivity index (χ1n) is 10.5. The zero-order valence-corrected chi connectivity index (χ0v) is 18.8. The number of aliphatic hydroxyl groups is 1. The molecule has 0 bridgehead atoms. The number of ether oxygens (including phenoxy) is 1. The lowest BCUT2D eigenvalue weighted by Gasteiger charge is -2.40. The van der Waals surface area contributed by atoms with E-state index >= 15 is 0 Å². The van der Waals surface area contributed by atoms with Crippen molar-refractivity contribution in [3.63, 3.8) is 0 Å². The van der Waals surface area contributed by atoms with E-state index in [-0.39, 0.29) is 37.5 Å². The van der Waals surface area contributed by atoms with Crippen molar-refractivity contribution in [2.45, 2.75) is 55.2 Å². The van der Waals surface area contributed by atoms with Crippen LogP contribution in [-0.4, -0.2) is 80.1 Å². The third kappa shape index (κ3) is 2.94. The summed E-state index contributed by atoms with van der Waals surface area (Å²) in [5, 5.41) is 9.65. The van der Waals surface area contributed by atoms with Crippen LogP contribution in [0.5, 0.6) is 0 Å². The van der Waals surface area contributed by atoms with E-state index in [0.717, 1.165) is 0 Å². The van der Waals surface area contributed by atoms with Crippen LogP contribution in [0.3, 0.4) is 0 Å². The lowest BCUT2D eigenvalue weighted by atomic mass is 9.74. The highest BCUT2D eigenvalue weighted by atomic mass is 32.2. The molecule has 0 saturated carbocycles. The maximum atomic E-state index is 13.8. The smallest absolute Gasteiger partial charge is 0.311 e. The highest BCUT2D eigenvalue weighted by molar-refractivity contribution is 8.02. The average molecular weight is 435 g/mol. The molecule has 4 rings (SSSR count). The summed E-state index contributed by atoms with van der Waals surface area (Å²) in [6.07, 6.45) is 8.58. The van der Waals surface area contributed by atoms with Gasteiger partial charge < -0.3 is 19.6 Å². The van der Waals surface area contributed by atoms with Gasteiger partial charge in [0, 0.05) is 23.4 Å². The van der Waals surface area contributed by atoms with E-state index in [2.05, 4.69) is 0 Å². The van der Waals surface area contributed by atoms with Crippen LogP contribution in [0.25, 0.3) is 0 Å². The van der Waals surface area contributed by atoms with Crippen molar-refractivity contribution >= 4 is 29.5 Å². The standard InChI is InChI=1S/C22H30N2O5S/c1-20(2,3)24-10-7-9-22-14(17(26)23(11-12-25)16(22)18(24)27)15-19(28)29-13-6-5-8-21(15,4)30-22/h5,7-9,14-16,25H,6,10-13H2,1-4H3/t14-,15-,16?,21+,22-/m0/s1. The van der Waals surface area contributed by atoms with Gasteiger partial charge in [0.05, 0.1) is 29.8 Å². The minimum absolute atomic E-state index is 0.0637. The van der Waals surface area contributed by atoms with Crippen molar-refractivity contribution in [3.05, 3.63) is 24.3 Å².